The first kappa shape index (κ1) is 12.3. The smallest absolute Gasteiger partial charge is 0.239 e. The van der Waals surface area contributed by atoms with Crippen molar-refractivity contribution in [2.24, 2.45) is 5.73 Å². The molecule has 0 radical (unpaired) electrons. The summed E-state index contributed by atoms with van der Waals surface area (Å²) in [5, 5.41) is 3.14. The van der Waals surface area contributed by atoms with E-state index in [1.165, 1.54) is 0 Å². The van der Waals surface area contributed by atoms with Crippen molar-refractivity contribution in [3.05, 3.63) is 66.0 Å². The molecule has 1 aromatic carbocycles. The van der Waals surface area contributed by atoms with Gasteiger partial charge in [0.05, 0.1) is 0 Å². The first-order chi connectivity index (χ1) is 8.77. The maximum absolute atomic E-state index is 11.5. The van der Waals surface area contributed by atoms with Gasteiger partial charge in [-0.15, -0.1) is 0 Å². The van der Waals surface area contributed by atoms with Crippen molar-refractivity contribution >= 4 is 5.91 Å². The second kappa shape index (κ2) is 5.93. The molecule has 1 amide bonds. The van der Waals surface area contributed by atoms with E-state index < -0.39 is 6.04 Å². The topological polar surface area (TPSA) is 68.0 Å². The zero-order valence-corrected chi connectivity index (χ0v) is 9.91. The second-order valence-electron chi connectivity index (χ2n) is 3.99. The number of nitrogens with one attached hydrogen (secondary N) is 1. The van der Waals surface area contributed by atoms with E-state index in [1.54, 1.807) is 12.4 Å². The van der Waals surface area contributed by atoms with E-state index in [0.717, 1.165) is 11.1 Å². The average molecular weight is 241 g/mol. The zero-order valence-electron chi connectivity index (χ0n) is 9.91. The number of carbonyl (C=O) groups is 1. The summed E-state index contributed by atoms with van der Waals surface area (Å²) in [6, 6.07) is 12.8. The fraction of sp³-hybridized carbons (Fsp3) is 0.143. The van der Waals surface area contributed by atoms with Crippen LogP contribution in [-0.4, -0.2) is 10.9 Å². The number of nitrogens with two attached hydrogens (primary N) is 1. The highest BCUT2D eigenvalue weighted by Crippen LogP contribution is 2.12. The number of benzene rings is 1. The molecule has 18 heavy (non-hydrogen) atoms. The Bertz CT molecular complexity index is 499. The van der Waals surface area contributed by atoms with Crippen molar-refractivity contribution < 1.29 is 4.79 Å². The van der Waals surface area contributed by atoms with E-state index >= 15 is 0 Å². The van der Waals surface area contributed by atoms with Crippen LogP contribution in [0.25, 0.3) is 0 Å². The molecule has 0 aliphatic rings. The maximum Gasteiger partial charge on any atom is 0.239 e. The summed E-state index contributed by atoms with van der Waals surface area (Å²) in [6.07, 6.45) is 3.47. The highest BCUT2D eigenvalue weighted by atomic mass is 16.1. The predicted octanol–water partition coefficient (Wildman–Crippen LogP) is 1.40. The van der Waals surface area contributed by atoms with E-state index in [-0.39, 0.29) is 5.91 Å². The van der Waals surface area contributed by atoms with Crippen molar-refractivity contribution in [3.63, 3.8) is 0 Å². The lowest BCUT2D eigenvalue weighted by atomic mass is 10.1. The van der Waals surface area contributed by atoms with Crippen LogP contribution in [0.1, 0.15) is 17.2 Å². The van der Waals surface area contributed by atoms with Gasteiger partial charge < -0.3 is 5.73 Å². The molecule has 92 valence electrons. The predicted molar refractivity (Wildman–Crippen MR) is 69.5 cm³/mol. The van der Waals surface area contributed by atoms with Gasteiger partial charge in [-0.25, -0.2) is 0 Å². The molecule has 0 spiro atoms. The summed E-state index contributed by atoms with van der Waals surface area (Å²) >= 11 is 0. The number of primary amides is 1. The Kier molecular flexibility index (Phi) is 4.04. The highest BCUT2D eigenvalue weighted by molar-refractivity contribution is 5.81. The van der Waals surface area contributed by atoms with Gasteiger partial charge in [0.25, 0.3) is 0 Å². The lowest BCUT2D eigenvalue weighted by molar-refractivity contribution is -0.120. The minimum absolute atomic E-state index is 0.384. The van der Waals surface area contributed by atoms with Crippen molar-refractivity contribution in [1.82, 2.24) is 10.3 Å². The maximum atomic E-state index is 11.5. The third-order valence-electron chi connectivity index (χ3n) is 2.65. The molecular weight excluding hydrogens is 226 g/mol. The molecule has 1 unspecified atom stereocenters. The van der Waals surface area contributed by atoms with Crippen LogP contribution in [0.2, 0.25) is 0 Å². The van der Waals surface area contributed by atoms with Gasteiger partial charge in [-0.2, -0.15) is 0 Å². The Morgan fingerprint density at radius 2 is 2.00 bits per heavy atom. The van der Waals surface area contributed by atoms with Crippen molar-refractivity contribution in [2.45, 2.75) is 12.6 Å². The van der Waals surface area contributed by atoms with Crippen LogP contribution >= 0.6 is 0 Å². The minimum atomic E-state index is -0.480. The molecule has 0 saturated heterocycles. The molecule has 0 aliphatic heterocycles. The first-order valence-electron chi connectivity index (χ1n) is 5.74. The normalized spacial score (nSPS) is 12.0. The molecule has 0 saturated carbocycles. The van der Waals surface area contributed by atoms with Crippen molar-refractivity contribution in [1.29, 1.82) is 0 Å². The summed E-state index contributed by atoms with van der Waals surface area (Å²) in [5.41, 5.74) is 7.30. The summed E-state index contributed by atoms with van der Waals surface area (Å²) in [6.45, 7) is 0.552. The number of aromatic nitrogens is 1. The summed E-state index contributed by atoms with van der Waals surface area (Å²) in [4.78, 5) is 15.5. The SMILES string of the molecule is NC(=O)C(NCc1cccnc1)c1ccccc1. The lowest BCUT2D eigenvalue weighted by Gasteiger charge is -2.15. The molecule has 1 aromatic heterocycles. The fourth-order valence-corrected chi connectivity index (χ4v) is 1.75. The van der Waals surface area contributed by atoms with Crippen LogP contribution < -0.4 is 11.1 Å². The Morgan fingerprint density at radius 3 is 2.61 bits per heavy atom. The zero-order chi connectivity index (χ0) is 12.8. The lowest BCUT2D eigenvalue weighted by Crippen LogP contribution is -2.33. The van der Waals surface area contributed by atoms with Gasteiger partial charge in [0, 0.05) is 18.9 Å². The Morgan fingerprint density at radius 1 is 1.22 bits per heavy atom. The molecule has 2 aromatic rings. The third-order valence-corrected chi connectivity index (χ3v) is 2.65. The van der Waals surface area contributed by atoms with Crippen LogP contribution in [0, 0.1) is 0 Å². The van der Waals surface area contributed by atoms with Crippen molar-refractivity contribution in [3.8, 4) is 0 Å². The van der Waals surface area contributed by atoms with E-state index in [9.17, 15) is 4.79 Å². The van der Waals surface area contributed by atoms with Gasteiger partial charge in [0.15, 0.2) is 0 Å². The molecule has 0 aliphatic carbocycles. The second-order valence-corrected chi connectivity index (χ2v) is 3.99. The molecule has 1 atom stereocenters. The van der Waals surface area contributed by atoms with Gasteiger partial charge in [-0.05, 0) is 17.2 Å². The highest BCUT2D eigenvalue weighted by Gasteiger charge is 2.16. The molecule has 4 heteroatoms. The van der Waals surface area contributed by atoms with E-state index in [4.69, 9.17) is 5.73 Å². The Hall–Kier alpha value is -2.20. The van der Waals surface area contributed by atoms with Crippen molar-refractivity contribution in [2.75, 3.05) is 0 Å². The number of rotatable bonds is 5. The molecule has 0 fully saturated rings. The van der Waals surface area contributed by atoms with E-state index in [0.29, 0.717) is 6.54 Å². The minimum Gasteiger partial charge on any atom is -0.368 e. The largest absolute Gasteiger partial charge is 0.368 e. The monoisotopic (exact) mass is 241 g/mol. The number of pyridine rings is 1. The summed E-state index contributed by atoms with van der Waals surface area (Å²) < 4.78 is 0. The number of amides is 1. The average Bonchev–Trinajstić information content (AvgIpc) is 2.41. The molecular formula is C14H15N3O. The first-order valence-corrected chi connectivity index (χ1v) is 5.74. The van der Waals surface area contributed by atoms with Gasteiger partial charge in [0.1, 0.15) is 6.04 Å². The molecule has 1 heterocycles. The standard InChI is InChI=1S/C14H15N3O/c15-14(18)13(12-6-2-1-3-7-12)17-10-11-5-4-8-16-9-11/h1-9,13,17H,10H2,(H2,15,18). The van der Waals surface area contributed by atoms with E-state index in [2.05, 4.69) is 10.3 Å². The summed E-state index contributed by atoms with van der Waals surface area (Å²) in [5.74, 6) is -0.384. The fourth-order valence-electron chi connectivity index (χ4n) is 1.75. The summed E-state index contributed by atoms with van der Waals surface area (Å²) in [7, 11) is 0. The van der Waals surface area contributed by atoms with E-state index in [1.807, 2.05) is 42.5 Å². The number of carbonyl (C=O) groups excluding carboxylic acids is 1. The van der Waals surface area contributed by atoms with Gasteiger partial charge in [-0.3, -0.25) is 15.1 Å². The number of nitrogens with zero attached hydrogens (tertiary/aromatic N) is 1. The van der Waals surface area contributed by atoms with Crippen LogP contribution in [0.15, 0.2) is 54.9 Å². The number of hydrogen-bond donors (Lipinski definition) is 2. The van der Waals surface area contributed by atoms with Gasteiger partial charge in [0.2, 0.25) is 5.91 Å². The Labute approximate surface area is 106 Å². The van der Waals surface area contributed by atoms with Crippen LogP contribution in [0.4, 0.5) is 0 Å². The molecule has 4 nitrogen and oxygen atoms in total. The van der Waals surface area contributed by atoms with Gasteiger partial charge >= 0.3 is 0 Å². The van der Waals surface area contributed by atoms with Crippen LogP contribution in [-0.2, 0) is 11.3 Å². The quantitative estimate of drug-likeness (QED) is 0.831. The molecule has 2 rings (SSSR count). The number of hydrogen-bond acceptors (Lipinski definition) is 3. The molecule has 0 bridgehead atoms. The van der Waals surface area contributed by atoms with Crippen LogP contribution in [0.3, 0.4) is 0 Å². The third kappa shape index (κ3) is 3.15. The van der Waals surface area contributed by atoms with Crippen LogP contribution in [0.5, 0.6) is 0 Å². The Balaban J connectivity index is 2.06. The van der Waals surface area contributed by atoms with Gasteiger partial charge in [-0.1, -0.05) is 36.4 Å². The molecule has 3 N–H and O–H groups in total.